The molecule has 1 aromatic carbocycles. The minimum atomic E-state index is -1.03. The highest BCUT2D eigenvalue weighted by Gasteiger charge is 2.53. The van der Waals surface area contributed by atoms with Gasteiger partial charge >= 0.3 is 6.09 Å². The Balaban J connectivity index is 1.71. The summed E-state index contributed by atoms with van der Waals surface area (Å²) in [7, 11) is 0. The molecule has 0 bridgehead atoms. The van der Waals surface area contributed by atoms with Crippen molar-refractivity contribution >= 4 is 23.6 Å². The number of halogens is 1. The van der Waals surface area contributed by atoms with Crippen LogP contribution in [0.5, 0.6) is 0 Å². The number of rotatable bonds is 3. The van der Waals surface area contributed by atoms with Crippen molar-refractivity contribution in [3.63, 3.8) is 0 Å². The molecule has 2 amide bonds. The van der Waals surface area contributed by atoms with E-state index in [4.69, 9.17) is 16.7 Å². The van der Waals surface area contributed by atoms with Crippen LogP contribution in [0, 0.1) is 0 Å². The molecule has 6 heteroatoms. The van der Waals surface area contributed by atoms with Crippen LogP contribution >= 0.6 is 11.6 Å². The van der Waals surface area contributed by atoms with Crippen LogP contribution in [0.1, 0.15) is 24.8 Å². The van der Waals surface area contributed by atoms with Gasteiger partial charge in [-0.3, -0.25) is 4.79 Å². The van der Waals surface area contributed by atoms with Crippen molar-refractivity contribution in [2.75, 3.05) is 13.1 Å². The van der Waals surface area contributed by atoms with Gasteiger partial charge in [0.2, 0.25) is 5.91 Å². The molecular formula is C15H17ClN2O3. The van der Waals surface area contributed by atoms with Gasteiger partial charge in [0, 0.05) is 18.1 Å². The first kappa shape index (κ1) is 14.2. The summed E-state index contributed by atoms with van der Waals surface area (Å²) in [6.07, 6.45) is 1.34. The Morgan fingerprint density at radius 3 is 2.52 bits per heavy atom. The van der Waals surface area contributed by atoms with Crippen molar-refractivity contribution in [1.82, 2.24) is 10.2 Å². The number of benzene rings is 1. The van der Waals surface area contributed by atoms with Crippen LogP contribution in [0.3, 0.4) is 0 Å². The van der Waals surface area contributed by atoms with Gasteiger partial charge in [0.1, 0.15) is 0 Å². The lowest BCUT2D eigenvalue weighted by molar-refractivity contribution is -0.133. The van der Waals surface area contributed by atoms with Crippen molar-refractivity contribution < 1.29 is 14.7 Å². The fraction of sp³-hybridized carbons (Fsp3) is 0.467. The van der Waals surface area contributed by atoms with E-state index in [0.29, 0.717) is 24.5 Å². The molecule has 1 saturated carbocycles. The van der Waals surface area contributed by atoms with Gasteiger partial charge in [-0.25, -0.2) is 4.79 Å². The Morgan fingerprint density at radius 1 is 1.29 bits per heavy atom. The van der Waals surface area contributed by atoms with E-state index in [9.17, 15) is 9.59 Å². The number of hydrogen-bond acceptors (Lipinski definition) is 2. The van der Waals surface area contributed by atoms with Crippen LogP contribution in [-0.2, 0) is 10.2 Å². The van der Waals surface area contributed by atoms with Crippen LogP contribution in [0.25, 0.3) is 0 Å². The van der Waals surface area contributed by atoms with Gasteiger partial charge in [0.25, 0.3) is 0 Å². The highest BCUT2D eigenvalue weighted by atomic mass is 35.5. The molecule has 112 valence electrons. The summed E-state index contributed by atoms with van der Waals surface area (Å²) in [6, 6.07) is 7.28. The maximum absolute atomic E-state index is 12.8. The van der Waals surface area contributed by atoms with Gasteiger partial charge in [0.05, 0.1) is 11.5 Å². The van der Waals surface area contributed by atoms with Crippen molar-refractivity contribution in [1.29, 1.82) is 0 Å². The summed E-state index contributed by atoms with van der Waals surface area (Å²) in [4.78, 5) is 25.2. The molecule has 2 N–H and O–H groups in total. The first-order valence-electron chi connectivity index (χ1n) is 7.06. The Kier molecular flexibility index (Phi) is 3.53. The highest BCUT2D eigenvalue weighted by Crippen LogP contribution is 2.50. The molecule has 2 aliphatic rings. The van der Waals surface area contributed by atoms with E-state index in [1.54, 1.807) is 4.90 Å². The summed E-state index contributed by atoms with van der Waals surface area (Å²) in [5, 5.41) is 11.9. The van der Waals surface area contributed by atoms with Crippen LogP contribution < -0.4 is 5.32 Å². The van der Waals surface area contributed by atoms with Gasteiger partial charge < -0.3 is 15.3 Å². The predicted molar refractivity (Wildman–Crippen MR) is 78.5 cm³/mol. The molecule has 1 aromatic rings. The highest BCUT2D eigenvalue weighted by molar-refractivity contribution is 6.30. The molecule has 1 aliphatic carbocycles. The lowest BCUT2D eigenvalue weighted by Gasteiger charge is -2.23. The normalized spacial score (nSPS) is 22.9. The van der Waals surface area contributed by atoms with Crippen LogP contribution in [-0.4, -0.2) is 41.1 Å². The number of likely N-dealkylation sites (tertiary alicyclic amines) is 1. The topological polar surface area (TPSA) is 69.6 Å². The van der Waals surface area contributed by atoms with Crippen molar-refractivity contribution in [3.05, 3.63) is 34.9 Å². The SMILES string of the molecule is O=C(O)N[C@H]1CCN(C(=O)C2(c3ccc(Cl)cc3)CC2)C1. The monoisotopic (exact) mass is 308 g/mol. The van der Waals surface area contributed by atoms with E-state index in [0.717, 1.165) is 18.4 Å². The number of nitrogens with zero attached hydrogens (tertiary/aromatic N) is 1. The Bertz CT molecular complexity index is 569. The largest absolute Gasteiger partial charge is 0.465 e. The third-order valence-corrected chi connectivity index (χ3v) is 4.61. The van der Waals surface area contributed by atoms with Crippen LogP contribution in [0.2, 0.25) is 5.02 Å². The number of carbonyl (C=O) groups is 2. The smallest absolute Gasteiger partial charge is 0.404 e. The molecule has 5 nitrogen and oxygen atoms in total. The minimum absolute atomic E-state index is 0.111. The molecule has 1 heterocycles. The zero-order chi connectivity index (χ0) is 15.0. The molecule has 0 radical (unpaired) electrons. The summed E-state index contributed by atoms with van der Waals surface area (Å²) >= 11 is 5.90. The first-order chi connectivity index (χ1) is 10.0. The molecule has 0 spiro atoms. The molecule has 0 aromatic heterocycles. The fourth-order valence-electron chi connectivity index (χ4n) is 3.06. The lowest BCUT2D eigenvalue weighted by Crippen LogP contribution is -2.41. The summed E-state index contributed by atoms with van der Waals surface area (Å²) in [5.41, 5.74) is 0.592. The predicted octanol–water partition coefficient (Wildman–Crippen LogP) is 2.24. The molecule has 21 heavy (non-hydrogen) atoms. The molecule has 1 aliphatic heterocycles. The van der Waals surface area contributed by atoms with Gasteiger partial charge in [-0.05, 0) is 37.0 Å². The van der Waals surface area contributed by atoms with Crippen molar-refractivity contribution in [2.45, 2.75) is 30.7 Å². The number of amides is 2. The Labute approximate surface area is 127 Å². The molecular weight excluding hydrogens is 292 g/mol. The Hall–Kier alpha value is -1.75. The quantitative estimate of drug-likeness (QED) is 0.899. The fourth-order valence-corrected chi connectivity index (χ4v) is 3.19. The van der Waals surface area contributed by atoms with Gasteiger partial charge in [-0.1, -0.05) is 23.7 Å². The zero-order valence-corrected chi connectivity index (χ0v) is 12.3. The molecule has 3 rings (SSSR count). The molecule has 1 saturated heterocycles. The molecule has 1 atom stereocenters. The summed E-state index contributed by atoms with van der Waals surface area (Å²) in [6.45, 7) is 1.07. The lowest BCUT2D eigenvalue weighted by atomic mass is 9.94. The molecule has 0 unspecified atom stereocenters. The number of carboxylic acid groups (broad SMARTS) is 1. The van der Waals surface area contributed by atoms with Crippen molar-refractivity contribution in [2.24, 2.45) is 0 Å². The maximum Gasteiger partial charge on any atom is 0.404 e. The van der Waals surface area contributed by atoms with E-state index < -0.39 is 11.5 Å². The Morgan fingerprint density at radius 2 is 1.95 bits per heavy atom. The number of carbonyl (C=O) groups excluding carboxylic acids is 1. The second-order valence-electron chi connectivity index (χ2n) is 5.78. The maximum atomic E-state index is 12.8. The van der Waals surface area contributed by atoms with Crippen molar-refractivity contribution in [3.8, 4) is 0 Å². The second-order valence-corrected chi connectivity index (χ2v) is 6.21. The second kappa shape index (κ2) is 5.22. The third kappa shape index (κ3) is 2.70. The number of hydrogen-bond donors (Lipinski definition) is 2. The van der Waals surface area contributed by atoms with E-state index in [1.165, 1.54) is 0 Å². The van der Waals surface area contributed by atoms with Gasteiger partial charge in [-0.2, -0.15) is 0 Å². The number of nitrogens with one attached hydrogen (secondary N) is 1. The van der Waals surface area contributed by atoms with E-state index >= 15 is 0 Å². The van der Waals surface area contributed by atoms with Gasteiger partial charge in [0.15, 0.2) is 0 Å². The van der Waals surface area contributed by atoms with E-state index in [-0.39, 0.29) is 11.9 Å². The van der Waals surface area contributed by atoms with E-state index in [1.807, 2.05) is 24.3 Å². The van der Waals surface area contributed by atoms with Crippen LogP contribution in [0.15, 0.2) is 24.3 Å². The van der Waals surface area contributed by atoms with Gasteiger partial charge in [-0.15, -0.1) is 0 Å². The standard InChI is InChI=1S/C15H17ClN2O3/c16-11-3-1-10(2-4-11)15(6-7-15)13(19)18-8-5-12(9-18)17-14(20)21/h1-4,12,17H,5-9H2,(H,20,21)/t12-/m0/s1. The average Bonchev–Trinajstić information content (AvgIpc) is 3.13. The third-order valence-electron chi connectivity index (χ3n) is 4.36. The first-order valence-corrected chi connectivity index (χ1v) is 7.44. The van der Waals surface area contributed by atoms with Crippen LogP contribution in [0.4, 0.5) is 4.79 Å². The summed E-state index contributed by atoms with van der Waals surface area (Å²) < 4.78 is 0. The molecule has 2 fully saturated rings. The minimum Gasteiger partial charge on any atom is -0.465 e. The van der Waals surface area contributed by atoms with E-state index in [2.05, 4.69) is 5.32 Å². The average molecular weight is 309 g/mol. The zero-order valence-electron chi connectivity index (χ0n) is 11.5. The summed E-state index contributed by atoms with van der Waals surface area (Å²) in [5.74, 6) is 0.111.